The molecule has 0 bridgehead atoms. The first kappa shape index (κ1) is 12.6. The molecule has 0 amide bonds. The van der Waals surface area contributed by atoms with E-state index < -0.39 is 0 Å². The molecule has 0 fully saturated rings. The van der Waals surface area contributed by atoms with Gasteiger partial charge in [-0.2, -0.15) is 0 Å². The Kier molecular flexibility index (Phi) is 3.87. The molecule has 0 aliphatic carbocycles. The van der Waals surface area contributed by atoms with Crippen molar-refractivity contribution >= 4 is 22.9 Å². The highest BCUT2D eigenvalue weighted by molar-refractivity contribution is 7.16. The van der Waals surface area contributed by atoms with Crippen LogP contribution in [-0.2, 0) is 6.42 Å². The van der Waals surface area contributed by atoms with E-state index in [4.69, 9.17) is 17.3 Å². The van der Waals surface area contributed by atoms with Crippen LogP contribution in [0.3, 0.4) is 0 Å². The van der Waals surface area contributed by atoms with Crippen LogP contribution in [0.2, 0.25) is 4.34 Å². The van der Waals surface area contributed by atoms with Crippen LogP contribution >= 0.6 is 22.9 Å². The van der Waals surface area contributed by atoms with Crippen molar-refractivity contribution in [3.8, 4) is 0 Å². The summed E-state index contributed by atoms with van der Waals surface area (Å²) in [5.41, 5.74) is 10.0. The van der Waals surface area contributed by atoms with Gasteiger partial charge >= 0.3 is 0 Å². The highest BCUT2D eigenvalue weighted by Gasteiger charge is 2.11. The van der Waals surface area contributed by atoms with Gasteiger partial charge in [-0.15, -0.1) is 11.3 Å². The molecular weight excluding hydrogens is 250 g/mol. The standard InChI is InChI=1S/C14H16ClNS/c1-9-3-4-10(2)12(7-9)13(16)8-11-5-6-14(15)17-11/h3-7,13H,8,16H2,1-2H3. The highest BCUT2D eigenvalue weighted by atomic mass is 35.5. The third-order valence-electron chi connectivity index (χ3n) is 2.88. The quantitative estimate of drug-likeness (QED) is 0.882. The van der Waals surface area contributed by atoms with E-state index in [1.807, 2.05) is 6.07 Å². The SMILES string of the molecule is Cc1ccc(C)c(C(N)Cc2ccc(Cl)s2)c1. The number of rotatable bonds is 3. The van der Waals surface area contributed by atoms with E-state index in [9.17, 15) is 0 Å². The molecule has 0 radical (unpaired) electrons. The van der Waals surface area contributed by atoms with Gasteiger partial charge in [-0.3, -0.25) is 0 Å². The molecule has 17 heavy (non-hydrogen) atoms. The predicted octanol–water partition coefficient (Wildman–Crippen LogP) is 4.26. The minimum absolute atomic E-state index is 0.0459. The Balaban J connectivity index is 2.19. The van der Waals surface area contributed by atoms with E-state index in [0.717, 1.165) is 10.8 Å². The summed E-state index contributed by atoms with van der Waals surface area (Å²) in [4.78, 5) is 1.24. The van der Waals surface area contributed by atoms with E-state index in [1.54, 1.807) is 11.3 Å². The van der Waals surface area contributed by atoms with Crippen molar-refractivity contribution in [3.05, 3.63) is 56.2 Å². The Bertz CT molecular complexity index is 519. The number of hydrogen-bond acceptors (Lipinski definition) is 2. The molecule has 1 aromatic heterocycles. The zero-order chi connectivity index (χ0) is 12.4. The molecule has 1 aromatic carbocycles. The molecule has 2 rings (SSSR count). The Morgan fingerprint density at radius 2 is 2.00 bits per heavy atom. The molecular formula is C14H16ClNS. The van der Waals surface area contributed by atoms with Crippen LogP contribution in [0, 0.1) is 13.8 Å². The average molecular weight is 266 g/mol. The molecule has 0 saturated heterocycles. The monoisotopic (exact) mass is 265 g/mol. The van der Waals surface area contributed by atoms with Crippen LogP contribution in [0.4, 0.5) is 0 Å². The Labute approximate surface area is 111 Å². The molecule has 1 unspecified atom stereocenters. The maximum atomic E-state index is 6.27. The van der Waals surface area contributed by atoms with Crippen molar-refractivity contribution in [2.45, 2.75) is 26.3 Å². The van der Waals surface area contributed by atoms with E-state index in [2.05, 4.69) is 38.1 Å². The number of benzene rings is 1. The fraction of sp³-hybridized carbons (Fsp3) is 0.286. The lowest BCUT2D eigenvalue weighted by Crippen LogP contribution is -2.14. The fourth-order valence-corrected chi connectivity index (χ4v) is 3.09. The minimum atomic E-state index is 0.0459. The predicted molar refractivity (Wildman–Crippen MR) is 75.9 cm³/mol. The average Bonchev–Trinajstić information content (AvgIpc) is 2.67. The van der Waals surface area contributed by atoms with E-state index in [1.165, 1.54) is 21.6 Å². The van der Waals surface area contributed by atoms with Gasteiger partial charge in [-0.05, 0) is 37.1 Å². The van der Waals surface area contributed by atoms with Gasteiger partial charge in [-0.25, -0.2) is 0 Å². The number of halogens is 1. The fourth-order valence-electron chi connectivity index (χ4n) is 1.95. The van der Waals surface area contributed by atoms with Gasteiger partial charge < -0.3 is 5.73 Å². The second kappa shape index (κ2) is 5.21. The summed E-state index contributed by atoms with van der Waals surface area (Å²) >= 11 is 7.53. The van der Waals surface area contributed by atoms with Crippen LogP contribution in [0.15, 0.2) is 30.3 Å². The second-order valence-corrected chi connectivity index (χ2v) is 6.18. The van der Waals surface area contributed by atoms with Gasteiger partial charge in [0.05, 0.1) is 4.34 Å². The molecule has 90 valence electrons. The summed E-state index contributed by atoms with van der Waals surface area (Å²) in [6.07, 6.45) is 0.849. The van der Waals surface area contributed by atoms with Crippen molar-refractivity contribution in [2.24, 2.45) is 5.73 Å². The molecule has 1 atom stereocenters. The van der Waals surface area contributed by atoms with Crippen molar-refractivity contribution < 1.29 is 0 Å². The van der Waals surface area contributed by atoms with Crippen molar-refractivity contribution in [1.29, 1.82) is 0 Å². The van der Waals surface area contributed by atoms with Gasteiger partial charge in [0.1, 0.15) is 0 Å². The van der Waals surface area contributed by atoms with Gasteiger partial charge in [0.25, 0.3) is 0 Å². The summed E-state index contributed by atoms with van der Waals surface area (Å²) in [5.74, 6) is 0. The largest absolute Gasteiger partial charge is 0.324 e. The van der Waals surface area contributed by atoms with Gasteiger partial charge in [0.2, 0.25) is 0 Å². The van der Waals surface area contributed by atoms with Crippen molar-refractivity contribution in [3.63, 3.8) is 0 Å². The molecule has 1 nitrogen and oxygen atoms in total. The normalized spacial score (nSPS) is 12.7. The molecule has 1 heterocycles. The summed E-state index contributed by atoms with van der Waals surface area (Å²) in [5, 5.41) is 0. The van der Waals surface area contributed by atoms with Crippen LogP contribution in [0.1, 0.15) is 27.6 Å². The smallest absolute Gasteiger partial charge is 0.0931 e. The Morgan fingerprint density at radius 1 is 1.24 bits per heavy atom. The van der Waals surface area contributed by atoms with Crippen molar-refractivity contribution in [1.82, 2.24) is 0 Å². The molecule has 0 aliphatic heterocycles. The zero-order valence-electron chi connectivity index (χ0n) is 10.0. The van der Waals surface area contributed by atoms with Gasteiger partial charge in [-0.1, -0.05) is 35.4 Å². The lowest BCUT2D eigenvalue weighted by Gasteiger charge is -2.14. The summed E-state index contributed by atoms with van der Waals surface area (Å²) in [7, 11) is 0. The molecule has 0 saturated carbocycles. The molecule has 2 aromatic rings. The van der Waals surface area contributed by atoms with Crippen LogP contribution in [0.5, 0.6) is 0 Å². The number of aryl methyl sites for hydroxylation is 2. The number of nitrogens with two attached hydrogens (primary N) is 1. The Hall–Kier alpha value is -0.830. The lowest BCUT2D eigenvalue weighted by molar-refractivity contribution is 0.724. The number of hydrogen-bond donors (Lipinski definition) is 1. The third-order valence-corrected chi connectivity index (χ3v) is 4.14. The maximum Gasteiger partial charge on any atom is 0.0931 e. The zero-order valence-corrected chi connectivity index (χ0v) is 11.6. The first-order valence-corrected chi connectivity index (χ1v) is 6.82. The maximum absolute atomic E-state index is 6.27. The summed E-state index contributed by atoms with van der Waals surface area (Å²) < 4.78 is 0.827. The molecule has 2 N–H and O–H groups in total. The van der Waals surface area contributed by atoms with Gasteiger partial charge in [0.15, 0.2) is 0 Å². The minimum Gasteiger partial charge on any atom is -0.324 e. The van der Waals surface area contributed by atoms with Crippen LogP contribution in [0.25, 0.3) is 0 Å². The Morgan fingerprint density at radius 3 is 2.65 bits per heavy atom. The van der Waals surface area contributed by atoms with E-state index >= 15 is 0 Å². The van der Waals surface area contributed by atoms with Gasteiger partial charge in [0, 0.05) is 17.3 Å². The topological polar surface area (TPSA) is 26.0 Å². The van der Waals surface area contributed by atoms with Crippen molar-refractivity contribution in [2.75, 3.05) is 0 Å². The van der Waals surface area contributed by atoms with E-state index in [0.29, 0.717) is 0 Å². The second-order valence-electron chi connectivity index (χ2n) is 4.38. The lowest BCUT2D eigenvalue weighted by atomic mass is 9.97. The molecule has 3 heteroatoms. The van der Waals surface area contributed by atoms with Crippen LogP contribution in [-0.4, -0.2) is 0 Å². The molecule has 0 aliphatic rings. The van der Waals surface area contributed by atoms with E-state index in [-0.39, 0.29) is 6.04 Å². The number of thiophene rings is 1. The molecule has 0 spiro atoms. The highest BCUT2D eigenvalue weighted by Crippen LogP contribution is 2.27. The third kappa shape index (κ3) is 3.09. The first-order chi connectivity index (χ1) is 8.06. The summed E-state index contributed by atoms with van der Waals surface area (Å²) in [6.45, 7) is 4.20. The summed E-state index contributed by atoms with van der Waals surface area (Å²) in [6, 6.07) is 10.5. The van der Waals surface area contributed by atoms with Crippen LogP contribution < -0.4 is 5.73 Å². The first-order valence-electron chi connectivity index (χ1n) is 5.63.